The lowest BCUT2D eigenvalue weighted by Crippen LogP contribution is -2.39. The maximum atomic E-state index is 6.01. The third-order valence-electron chi connectivity index (χ3n) is 4.53. The van der Waals surface area contributed by atoms with Gasteiger partial charge < -0.3 is 24.6 Å². The summed E-state index contributed by atoms with van der Waals surface area (Å²) in [6, 6.07) is 0. The predicted molar refractivity (Wildman–Crippen MR) is 120 cm³/mol. The van der Waals surface area contributed by atoms with Crippen LogP contribution in [0.3, 0.4) is 0 Å². The minimum atomic E-state index is -0.177. The van der Waals surface area contributed by atoms with Gasteiger partial charge in [0.25, 0.3) is 0 Å². The summed E-state index contributed by atoms with van der Waals surface area (Å²) in [7, 11) is 0. The molecule has 0 spiro atoms. The van der Waals surface area contributed by atoms with E-state index in [1.807, 2.05) is 20.8 Å². The van der Waals surface area contributed by atoms with E-state index in [9.17, 15) is 0 Å². The number of nitrogens with zero attached hydrogens (tertiary/aromatic N) is 3. The molecule has 1 fully saturated rings. The topological polar surface area (TPSA) is 93.8 Å². The third-order valence-corrected chi connectivity index (χ3v) is 4.53. The fourth-order valence-corrected chi connectivity index (χ4v) is 3.11. The summed E-state index contributed by atoms with van der Waals surface area (Å²) in [6.45, 7) is 9.01. The van der Waals surface area contributed by atoms with Crippen LogP contribution >= 0.6 is 24.0 Å². The zero-order valence-corrected chi connectivity index (χ0v) is 19.7. The van der Waals surface area contributed by atoms with Crippen LogP contribution in [0.2, 0.25) is 0 Å². The fraction of sp³-hybridized carbons (Fsp3) is 0.842. The van der Waals surface area contributed by atoms with Crippen molar-refractivity contribution in [2.45, 2.75) is 78.0 Å². The number of guanidine groups is 1. The van der Waals surface area contributed by atoms with Gasteiger partial charge in [0.05, 0.1) is 12.7 Å². The molecule has 1 saturated carbocycles. The molecular weight excluding hydrogens is 473 g/mol. The molecule has 1 aromatic rings. The highest BCUT2D eigenvalue weighted by molar-refractivity contribution is 14.0. The van der Waals surface area contributed by atoms with Crippen LogP contribution in [0.4, 0.5) is 0 Å². The summed E-state index contributed by atoms with van der Waals surface area (Å²) in [6.07, 6.45) is 7.88. The molecule has 0 aliphatic heterocycles. The Morgan fingerprint density at radius 2 is 1.96 bits per heavy atom. The molecular formula is C19H36IN5O3. The Labute approximate surface area is 185 Å². The molecule has 2 rings (SSSR count). The van der Waals surface area contributed by atoms with E-state index in [4.69, 9.17) is 14.0 Å². The van der Waals surface area contributed by atoms with Crippen LogP contribution in [0.25, 0.3) is 0 Å². The average Bonchev–Trinajstić information content (AvgIpc) is 2.99. The van der Waals surface area contributed by atoms with Gasteiger partial charge in [-0.2, -0.15) is 4.98 Å². The summed E-state index contributed by atoms with van der Waals surface area (Å²) >= 11 is 0. The maximum Gasteiger partial charge on any atom is 0.248 e. The second-order valence-corrected chi connectivity index (χ2v) is 6.75. The fourth-order valence-electron chi connectivity index (χ4n) is 3.11. The van der Waals surface area contributed by atoms with Gasteiger partial charge in [-0.3, -0.25) is 0 Å². The molecule has 1 atom stereocenters. The summed E-state index contributed by atoms with van der Waals surface area (Å²) in [5, 5.41) is 10.5. The number of aliphatic imine (C=N–C) groups is 1. The van der Waals surface area contributed by atoms with Gasteiger partial charge in [0.2, 0.25) is 5.89 Å². The smallest absolute Gasteiger partial charge is 0.248 e. The lowest BCUT2D eigenvalue weighted by molar-refractivity contribution is 0.0468. The Balaban J connectivity index is 0.00000392. The summed E-state index contributed by atoms with van der Waals surface area (Å²) < 4.78 is 16.7. The summed E-state index contributed by atoms with van der Waals surface area (Å²) in [4.78, 5) is 8.84. The van der Waals surface area contributed by atoms with Crippen LogP contribution in [0.5, 0.6) is 0 Å². The maximum absolute atomic E-state index is 6.01. The van der Waals surface area contributed by atoms with Crippen LogP contribution < -0.4 is 10.6 Å². The molecule has 162 valence electrons. The molecule has 9 heteroatoms. The van der Waals surface area contributed by atoms with Gasteiger partial charge >= 0.3 is 0 Å². The summed E-state index contributed by atoms with van der Waals surface area (Å²) in [5.41, 5.74) is 0. The van der Waals surface area contributed by atoms with Crippen LogP contribution in [0.15, 0.2) is 9.52 Å². The molecule has 8 nitrogen and oxygen atoms in total. The molecule has 1 unspecified atom stereocenters. The lowest BCUT2D eigenvalue weighted by Gasteiger charge is -2.16. The van der Waals surface area contributed by atoms with Gasteiger partial charge in [-0.25, -0.2) is 4.99 Å². The molecule has 1 heterocycles. The Hall–Kier alpha value is -0.940. The van der Waals surface area contributed by atoms with E-state index in [2.05, 4.69) is 25.8 Å². The standard InChI is InChI=1S/C19H35N5O3.HI/c1-4-20-19(21-12-13-26-16-10-8-6-7-9-11-16)22-14-17-23-18(24-27-17)15(3)25-5-2;/h15-16H,4-14H2,1-3H3,(H2,20,21,22);1H. The highest BCUT2D eigenvalue weighted by Gasteiger charge is 2.14. The molecule has 28 heavy (non-hydrogen) atoms. The van der Waals surface area contributed by atoms with E-state index < -0.39 is 0 Å². The SMILES string of the molecule is CCNC(=NCc1nc(C(C)OCC)no1)NCCOC1CCCCCC1.I. The largest absolute Gasteiger partial charge is 0.376 e. The monoisotopic (exact) mass is 509 g/mol. The van der Waals surface area contributed by atoms with Crippen molar-refractivity contribution in [1.82, 2.24) is 20.8 Å². The van der Waals surface area contributed by atoms with E-state index >= 15 is 0 Å². The normalized spacial score (nSPS) is 16.9. The molecule has 0 aromatic carbocycles. The number of halogens is 1. The quantitative estimate of drug-likeness (QED) is 0.164. The van der Waals surface area contributed by atoms with E-state index in [-0.39, 0.29) is 30.1 Å². The van der Waals surface area contributed by atoms with E-state index in [0.29, 0.717) is 37.6 Å². The minimum absolute atomic E-state index is 0. The molecule has 0 saturated heterocycles. The Morgan fingerprint density at radius 1 is 1.21 bits per heavy atom. The molecule has 0 amide bonds. The minimum Gasteiger partial charge on any atom is -0.376 e. The number of rotatable bonds is 10. The van der Waals surface area contributed by atoms with Gasteiger partial charge in [0, 0.05) is 19.7 Å². The van der Waals surface area contributed by atoms with E-state index in [1.165, 1.54) is 38.5 Å². The van der Waals surface area contributed by atoms with Crippen molar-refractivity contribution >= 4 is 29.9 Å². The van der Waals surface area contributed by atoms with Crippen LogP contribution in [0, 0.1) is 0 Å². The number of nitrogens with one attached hydrogen (secondary N) is 2. The molecule has 1 aromatic heterocycles. The van der Waals surface area contributed by atoms with Crippen molar-refractivity contribution in [1.29, 1.82) is 0 Å². The van der Waals surface area contributed by atoms with E-state index in [1.54, 1.807) is 0 Å². The van der Waals surface area contributed by atoms with Crippen LogP contribution in [-0.4, -0.2) is 48.5 Å². The average molecular weight is 509 g/mol. The first-order valence-corrected chi connectivity index (χ1v) is 10.3. The lowest BCUT2D eigenvalue weighted by atomic mass is 10.1. The second kappa shape index (κ2) is 15.0. The first-order valence-electron chi connectivity index (χ1n) is 10.3. The Kier molecular flexibility index (Phi) is 13.4. The van der Waals surface area contributed by atoms with Gasteiger partial charge in [-0.05, 0) is 33.6 Å². The van der Waals surface area contributed by atoms with Crippen molar-refractivity contribution in [3.8, 4) is 0 Å². The number of hydrogen-bond acceptors (Lipinski definition) is 6. The van der Waals surface area contributed by atoms with Crippen LogP contribution in [-0.2, 0) is 16.0 Å². The second-order valence-electron chi connectivity index (χ2n) is 6.75. The number of hydrogen-bond donors (Lipinski definition) is 2. The molecule has 1 aliphatic rings. The van der Waals surface area contributed by atoms with Crippen molar-refractivity contribution in [3.05, 3.63) is 11.7 Å². The van der Waals surface area contributed by atoms with Gasteiger partial charge in [0.1, 0.15) is 12.6 Å². The zero-order valence-electron chi connectivity index (χ0n) is 17.4. The predicted octanol–water partition coefficient (Wildman–Crippen LogP) is 3.58. The van der Waals surface area contributed by atoms with Crippen molar-refractivity contribution < 1.29 is 14.0 Å². The highest BCUT2D eigenvalue weighted by atomic mass is 127. The first-order chi connectivity index (χ1) is 13.2. The Bertz CT molecular complexity index is 547. The molecule has 2 N–H and O–H groups in total. The van der Waals surface area contributed by atoms with Gasteiger partial charge in [-0.15, -0.1) is 24.0 Å². The van der Waals surface area contributed by atoms with Crippen LogP contribution in [0.1, 0.15) is 77.1 Å². The highest BCUT2D eigenvalue weighted by Crippen LogP contribution is 2.19. The number of aromatic nitrogens is 2. The van der Waals surface area contributed by atoms with Crippen molar-refractivity contribution in [2.24, 2.45) is 4.99 Å². The van der Waals surface area contributed by atoms with E-state index in [0.717, 1.165) is 19.0 Å². The summed E-state index contributed by atoms with van der Waals surface area (Å²) in [5.74, 6) is 1.75. The molecule has 0 radical (unpaired) electrons. The number of ether oxygens (including phenoxy) is 2. The molecule has 1 aliphatic carbocycles. The Morgan fingerprint density at radius 3 is 2.64 bits per heavy atom. The van der Waals surface area contributed by atoms with Gasteiger partial charge in [-0.1, -0.05) is 30.8 Å². The third kappa shape index (κ3) is 9.51. The van der Waals surface area contributed by atoms with Crippen molar-refractivity contribution in [2.75, 3.05) is 26.3 Å². The first kappa shape index (κ1) is 25.1. The van der Waals surface area contributed by atoms with Crippen molar-refractivity contribution in [3.63, 3.8) is 0 Å². The zero-order chi connectivity index (χ0) is 19.3. The van der Waals surface area contributed by atoms with Gasteiger partial charge in [0.15, 0.2) is 11.8 Å². The molecule has 0 bridgehead atoms.